The van der Waals surface area contributed by atoms with E-state index in [4.69, 9.17) is 11.6 Å². The van der Waals surface area contributed by atoms with Gasteiger partial charge in [0.05, 0.1) is 0 Å². The fraction of sp³-hybridized carbons (Fsp3) is 1.00. The lowest BCUT2D eigenvalue weighted by atomic mass is 10.0. The Hall–Kier alpha value is 0.770. The van der Waals surface area contributed by atoms with Gasteiger partial charge in [-0.15, -0.1) is 11.6 Å². The van der Waals surface area contributed by atoms with Crippen molar-refractivity contribution in [1.29, 1.82) is 0 Å². The summed E-state index contributed by atoms with van der Waals surface area (Å²) in [5.74, 6) is 1.73. The van der Waals surface area contributed by atoms with E-state index in [0.717, 1.165) is 11.8 Å². The molecule has 2 bridgehead atoms. The van der Waals surface area contributed by atoms with E-state index in [0.29, 0.717) is 10.2 Å². The minimum Gasteiger partial charge on any atom is -0.121 e. The Kier molecular flexibility index (Phi) is 1.53. The number of rotatable bonds is 0. The molecule has 2 aliphatic rings. The predicted molar refractivity (Wildman–Crippen MR) is 43.2 cm³/mol. The molecule has 2 rings (SSSR count). The van der Waals surface area contributed by atoms with Gasteiger partial charge in [-0.2, -0.15) is 0 Å². The Balaban J connectivity index is 2.15. The molecule has 0 radical (unpaired) electrons. The molecule has 0 N–H and O–H groups in total. The van der Waals surface area contributed by atoms with Gasteiger partial charge in [0, 0.05) is 10.2 Å². The van der Waals surface area contributed by atoms with Crippen molar-refractivity contribution in [3.63, 3.8) is 0 Å². The number of fused-ring (bicyclic) bond motifs is 2. The van der Waals surface area contributed by atoms with E-state index in [1.807, 2.05) is 0 Å². The fourth-order valence-corrected chi connectivity index (χ4v) is 3.50. The summed E-state index contributed by atoms with van der Waals surface area (Å²) >= 11 is 9.74. The average Bonchev–Trinajstić information content (AvgIpc) is 2.37. The fourth-order valence-electron chi connectivity index (χ4n) is 2.15. The van der Waals surface area contributed by atoms with Crippen molar-refractivity contribution in [3.05, 3.63) is 0 Å². The van der Waals surface area contributed by atoms with Crippen LogP contribution in [0, 0.1) is 11.8 Å². The average molecular weight is 210 g/mol. The highest BCUT2D eigenvalue weighted by Gasteiger charge is 2.45. The molecule has 4 atom stereocenters. The zero-order valence-electron chi connectivity index (χ0n) is 5.19. The summed E-state index contributed by atoms with van der Waals surface area (Å²) in [4.78, 5) is 0.623. The second-order valence-corrected chi connectivity index (χ2v) is 4.78. The second kappa shape index (κ2) is 2.13. The van der Waals surface area contributed by atoms with Crippen LogP contribution in [0.25, 0.3) is 0 Å². The molecule has 0 amide bonds. The minimum absolute atomic E-state index is 0.434. The first-order valence-electron chi connectivity index (χ1n) is 3.57. The molecule has 2 aliphatic carbocycles. The lowest BCUT2D eigenvalue weighted by Gasteiger charge is -2.20. The molecule has 0 saturated heterocycles. The van der Waals surface area contributed by atoms with Gasteiger partial charge in [-0.3, -0.25) is 0 Å². The third kappa shape index (κ3) is 0.848. The van der Waals surface area contributed by atoms with Crippen LogP contribution in [0.5, 0.6) is 0 Å². The molecule has 2 heteroatoms. The van der Waals surface area contributed by atoms with Crippen molar-refractivity contribution in [3.8, 4) is 0 Å². The molecular formula is C7H10BrCl. The van der Waals surface area contributed by atoms with Crippen molar-refractivity contribution in [2.75, 3.05) is 0 Å². The van der Waals surface area contributed by atoms with E-state index in [2.05, 4.69) is 15.9 Å². The molecular weight excluding hydrogens is 199 g/mol. The molecule has 0 aromatic rings. The number of hydrogen-bond donors (Lipinski definition) is 0. The molecule has 2 saturated carbocycles. The molecule has 0 aliphatic heterocycles. The van der Waals surface area contributed by atoms with Crippen molar-refractivity contribution in [2.45, 2.75) is 29.5 Å². The Morgan fingerprint density at radius 1 is 1.22 bits per heavy atom. The Morgan fingerprint density at radius 3 is 2.22 bits per heavy atom. The first-order chi connectivity index (χ1) is 4.29. The van der Waals surface area contributed by atoms with Gasteiger partial charge in [0.1, 0.15) is 0 Å². The summed E-state index contributed by atoms with van der Waals surface area (Å²) in [5.41, 5.74) is 0. The van der Waals surface area contributed by atoms with Gasteiger partial charge >= 0.3 is 0 Å². The lowest BCUT2D eigenvalue weighted by Crippen LogP contribution is -2.21. The molecule has 0 spiro atoms. The topological polar surface area (TPSA) is 0 Å². The maximum Gasteiger partial charge on any atom is 0.0492 e. The summed E-state index contributed by atoms with van der Waals surface area (Å²) < 4.78 is 0. The third-order valence-electron chi connectivity index (χ3n) is 2.72. The van der Waals surface area contributed by atoms with Gasteiger partial charge in [-0.1, -0.05) is 15.9 Å². The van der Waals surface area contributed by atoms with E-state index >= 15 is 0 Å². The molecule has 0 unspecified atom stereocenters. The first kappa shape index (κ1) is 6.48. The standard InChI is InChI=1S/C7H10BrCl/c8-6-4-1-2-5(3-4)7(6)9/h4-7H,1-3H2/t4-,5+,6+,7+/m0/s1. The molecule has 52 valence electrons. The molecule has 0 aromatic heterocycles. The first-order valence-corrected chi connectivity index (χ1v) is 4.92. The maximum atomic E-state index is 6.11. The highest BCUT2D eigenvalue weighted by molar-refractivity contribution is 9.09. The van der Waals surface area contributed by atoms with Gasteiger partial charge < -0.3 is 0 Å². The Morgan fingerprint density at radius 2 is 1.89 bits per heavy atom. The van der Waals surface area contributed by atoms with E-state index < -0.39 is 0 Å². The minimum atomic E-state index is 0.434. The van der Waals surface area contributed by atoms with Crippen molar-refractivity contribution in [2.24, 2.45) is 11.8 Å². The van der Waals surface area contributed by atoms with Gasteiger partial charge in [0.2, 0.25) is 0 Å². The summed E-state index contributed by atoms with van der Waals surface area (Å²) in [6.07, 6.45) is 4.16. The van der Waals surface area contributed by atoms with Crippen LogP contribution in [0.4, 0.5) is 0 Å². The second-order valence-electron chi connectivity index (χ2n) is 3.22. The molecule has 9 heavy (non-hydrogen) atoms. The van der Waals surface area contributed by atoms with Crippen molar-refractivity contribution in [1.82, 2.24) is 0 Å². The number of hydrogen-bond acceptors (Lipinski definition) is 0. The third-order valence-corrected chi connectivity index (χ3v) is 4.97. The normalized spacial score (nSPS) is 56.7. The van der Waals surface area contributed by atoms with E-state index in [-0.39, 0.29) is 0 Å². The van der Waals surface area contributed by atoms with Crippen LogP contribution in [-0.4, -0.2) is 10.2 Å². The highest BCUT2D eigenvalue weighted by Crippen LogP contribution is 2.50. The van der Waals surface area contributed by atoms with Crippen LogP contribution in [0.15, 0.2) is 0 Å². The van der Waals surface area contributed by atoms with Crippen LogP contribution in [0.3, 0.4) is 0 Å². The molecule has 0 aromatic carbocycles. The van der Waals surface area contributed by atoms with Crippen molar-refractivity contribution < 1.29 is 0 Å². The van der Waals surface area contributed by atoms with Crippen LogP contribution < -0.4 is 0 Å². The van der Waals surface area contributed by atoms with Crippen LogP contribution in [0.1, 0.15) is 19.3 Å². The van der Waals surface area contributed by atoms with Crippen LogP contribution in [0.2, 0.25) is 0 Å². The van der Waals surface area contributed by atoms with Crippen molar-refractivity contribution >= 4 is 27.5 Å². The molecule has 2 fully saturated rings. The SMILES string of the molecule is Cl[C@@H]1[C@@H]2CC[C@@H](C2)[C@H]1Br. The maximum absolute atomic E-state index is 6.11. The van der Waals surface area contributed by atoms with Gasteiger partial charge in [0.15, 0.2) is 0 Å². The van der Waals surface area contributed by atoms with Gasteiger partial charge in [-0.25, -0.2) is 0 Å². The van der Waals surface area contributed by atoms with E-state index in [9.17, 15) is 0 Å². The smallest absolute Gasteiger partial charge is 0.0492 e. The summed E-state index contributed by atoms with van der Waals surface area (Å²) in [5, 5.41) is 0.434. The monoisotopic (exact) mass is 208 g/mol. The zero-order chi connectivity index (χ0) is 6.43. The largest absolute Gasteiger partial charge is 0.121 e. The quantitative estimate of drug-likeness (QED) is 0.538. The molecule has 0 nitrogen and oxygen atoms in total. The lowest BCUT2D eigenvalue weighted by molar-refractivity contribution is 0.504. The summed E-state index contributed by atoms with van der Waals surface area (Å²) in [6, 6.07) is 0. The zero-order valence-corrected chi connectivity index (χ0v) is 7.53. The Bertz CT molecular complexity index is 108. The number of alkyl halides is 2. The summed E-state index contributed by atoms with van der Waals surface area (Å²) in [6.45, 7) is 0. The van der Waals surface area contributed by atoms with Crippen LogP contribution in [-0.2, 0) is 0 Å². The van der Waals surface area contributed by atoms with E-state index in [1.54, 1.807) is 0 Å². The molecule has 0 heterocycles. The van der Waals surface area contributed by atoms with E-state index in [1.165, 1.54) is 19.3 Å². The highest BCUT2D eigenvalue weighted by atomic mass is 79.9. The summed E-state index contributed by atoms with van der Waals surface area (Å²) in [7, 11) is 0. The Labute approximate surface area is 69.1 Å². The van der Waals surface area contributed by atoms with Gasteiger partial charge in [0.25, 0.3) is 0 Å². The van der Waals surface area contributed by atoms with Crippen LogP contribution >= 0.6 is 27.5 Å². The van der Waals surface area contributed by atoms with Gasteiger partial charge in [-0.05, 0) is 31.1 Å². The number of halogens is 2. The predicted octanol–water partition coefficient (Wildman–Crippen LogP) is 2.79.